The summed E-state index contributed by atoms with van der Waals surface area (Å²) < 4.78 is 46.7. The first-order chi connectivity index (χ1) is 20.0. The highest BCUT2D eigenvalue weighted by molar-refractivity contribution is 7.92. The van der Waals surface area contributed by atoms with Gasteiger partial charge in [0.2, 0.25) is 10.0 Å². The minimum absolute atomic E-state index is 0.331. The summed E-state index contributed by atoms with van der Waals surface area (Å²) in [5.41, 5.74) is 6.05. The fourth-order valence-corrected chi connectivity index (χ4v) is 5.55. The number of halogens is 1. The van der Waals surface area contributed by atoms with Crippen LogP contribution in [0.25, 0.3) is 55.7 Å². The molecular weight excluding hydrogens is 555 g/mol. The Morgan fingerprint density at radius 1 is 1.00 bits per heavy atom. The van der Waals surface area contributed by atoms with Gasteiger partial charge < -0.3 is 14.7 Å². The molecule has 0 fully saturated rings. The number of fused-ring (bicyclic) bond motifs is 2. The van der Waals surface area contributed by atoms with E-state index in [1.54, 1.807) is 31.4 Å². The molecule has 8 nitrogen and oxygen atoms in total. The van der Waals surface area contributed by atoms with Gasteiger partial charge in [0.15, 0.2) is 0 Å². The van der Waals surface area contributed by atoms with Crippen LogP contribution in [0.5, 0.6) is 0 Å². The molecule has 0 spiro atoms. The van der Waals surface area contributed by atoms with Crippen molar-refractivity contribution in [3.8, 4) is 33.8 Å². The summed E-state index contributed by atoms with van der Waals surface area (Å²) in [6, 6.07) is 21.0. The van der Waals surface area contributed by atoms with Gasteiger partial charge in [-0.05, 0) is 49.4 Å². The minimum atomic E-state index is -3.68. The highest BCUT2D eigenvalue weighted by atomic mass is 32.2. The highest BCUT2D eigenvalue weighted by Gasteiger charge is 2.26. The first-order valence-corrected chi connectivity index (χ1v) is 15.0. The van der Waals surface area contributed by atoms with Gasteiger partial charge in [-0.25, -0.2) is 12.8 Å². The van der Waals surface area contributed by atoms with Crippen molar-refractivity contribution in [2.75, 3.05) is 24.7 Å². The quantitative estimate of drug-likeness (QED) is 0.233. The van der Waals surface area contributed by atoms with Gasteiger partial charge >= 0.3 is 0 Å². The van der Waals surface area contributed by atoms with Crippen LogP contribution in [0.4, 0.5) is 10.1 Å². The Morgan fingerprint density at radius 2 is 1.76 bits per heavy atom. The van der Waals surface area contributed by atoms with E-state index in [2.05, 4.69) is 15.3 Å². The second-order valence-corrected chi connectivity index (χ2v) is 12.2. The molecule has 6 rings (SSSR count). The van der Waals surface area contributed by atoms with Gasteiger partial charge in [-0.1, -0.05) is 29.8 Å². The van der Waals surface area contributed by atoms with Crippen molar-refractivity contribution >= 4 is 43.5 Å². The van der Waals surface area contributed by atoms with E-state index in [0.717, 1.165) is 38.3 Å². The monoisotopic (exact) mass is 582 g/mol. The number of carbonyl (C=O) groups excluding carboxylic acids is 1. The molecule has 42 heavy (non-hydrogen) atoms. The van der Waals surface area contributed by atoms with Gasteiger partial charge in [-0.15, -0.1) is 0 Å². The lowest BCUT2D eigenvalue weighted by atomic mass is 9.99. The number of pyridine rings is 1. The second-order valence-electron chi connectivity index (χ2n) is 10.2. The maximum Gasteiger partial charge on any atom is 0.255 e. The summed E-state index contributed by atoms with van der Waals surface area (Å²) in [4.78, 5) is 21.1. The molecule has 0 unspecified atom stereocenters. The molecular formula is C32H27FN4O4S. The van der Waals surface area contributed by atoms with Crippen LogP contribution in [0, 0.1) is 12.7 Å². The largest absolute Gasteiger partial charge is 0.455 e. The lowest BCUT2D eigenvalue weighted by Gasteiger charge is -2.20. The zero-order chi connectivity index (χ0) is 29.8. The second kappa shape index (κ2) is 10.1. The molecule has 6 aromatic rings. The summed E-state index contributed by atoms with van der Waals surface area (Å²) in [5.74, 6) is -0.296. The molecule has 0 saturated carbocycles. The summed E-state index contributed by atoms with van der Waals surface area (Å²) >= 11 is 0. The average Bonchev–Trinajstić information content (AvgIpc) is 3.56. The van der Waals surface area contributed by atoms with E-state index < -0.39 is 10.0 Å². The van der Waals surface area contributed by atoms with Gasteiger partial charge in [0.25, 0.3) is 5.91 Å². The van der Waals surface area contributed by atoms with Gasteiger partial charge in [-0.2, -0.15) is 0 Å². The summed E-state index contributed by atoms with van der Waals surface area (Å²) in [6.45, 7) is 1.97. The van der Waals surface area contributed by atoms with Crippen LogP contribution in [0.15, 0.2) is 83.4 Å². The molecule has 1 amide bonds. The Hall–Kier alpha value is -4.96. The van der Waals surface area contributed by atoms with Gasteiger partial charge in [0.1, 0.15) is 17.2 Å². The maximum atomic E-state index is 13.8. The number of rotatable bonds is 6. The van der Waals surface area contributed by atoms with Crippen LogP contribution < -0.4 is 9.62 Å². The number of anilines is 1. The first-order valence-electron chi connectivity index (χ1n) is 13.1. The topological polar surface area (TPSA) is 108 Å². The van der Waals surface area contributed by atoms with E-state index in [9.17, 15) is 17.6 Å². The molecule has 0 bridgehead atoms. The van der Waals surface area contributed by atoms with Crippen molar-refractivity contribution in [3.05, 3.63) is 95.9 Å². The molecule has 3 heterocycles. The van der Waals surface area contributed by atoms with Gasteiger partial charge in [0.05, 0.1) is 23.2 Å². The minimum Gasteiger partial charge on any atom is -0.455 e. The Balaban J connectivity index is 1.60. The number of furan rings is 1. The maximum absolute atomic E-state index is 13.8. The smallest absolute Gasteiger partial charge is 0.255 e. The summed E-state index contributed by atoms with van der Waals surface area (Å²) in [6.07, 6.45) is 2.74. The van der Waals surface area contributed by atoms with Crippen LogP contribution in [-0.4, -0.2) is 44.6 Å². The Kier molecular flexibility index (Phi) is 6.58. The predicted molar refractivity (Wildman–Crippen MR) is 164 cm³/mol. The highest BCUT2D eigenvalue weighted by Crippen LogP contribution is 2.41. The molecule has 212 valence electrons. The number of hydrogen-bond acceptors (Lipinski definition) is 5. The van der Waals surface area contributed by atoms with Crippen LogP contribution in [0.2, 0.25) is 0 Å². The lowest BCUT2D eigenvalue weighted by molar-refractivity contribution is 0.0964. The average molecular weight is 583 g/mol. The van der Waals surface area contributed by atoms with Crippen LogP contribution >= 0.6 is 0 Å². The normalized spacial score (nSPS) is 11.7. The zero-order valence-electron chi connectivity index (χ0n) is 23.3. The third kappa shape index (κ3) is 4.79. The number of H-pyrrole nitrogens is 1. The SMILES string of the molecule is CNC(=O)c1c(-c2ccc(C)cc2)oc2cc(N(C)S(C)(=O)=O)c(-c3cc(-c4cc5cc(F)ccc5[nH]4)ccn3)cc12. The van der Waals surface area contributed by atoms with E-state index in [1.165, 1.54) is 19.2 Å². The van der Waals surface area contributed by atoms with Crippen molar-refractivity contribution in [1.29, 1.82) is 0 Å². The molecule has 0 aliphatic carbocycles. The van der Waals surface area contributed by atoms with E-state index in [0.29, 0.717) is 44.8 Å². The van der Waals surface area contributed by atoms with E-state index >= 15 is 0 Å². The standard InChI is InChI=1S/C32H27FN4O4S/c1-18-5-7-19(8-6-18)31-30(32(38)34-2)24-16-23(28(17-29(24)41-31)37(3)42(4,39)40)27-14-20(11-12-35-27)26-15-21-13-22(33)9-10-25(21)36-26/h5-17,36H,1-4H3,(H,34,38). The number of nitrogens with one attached hydrogen (secondary N) is 2. The number of hydrogen-bond donors (Lipinski definition) is 2. The number of aryl methyl sites for hydroxylation is 1. The van der Waals surface area contributed by atoms with E-state index in [1.807, 2.05) is 49.4 Å². The fraction of sp³-hybridized carbons (Fsp3) is 0.125. The van der Waals surface area contributed by atoms with Crippen molar-refractivity contribution in [3.63, 3.8) is 0 Å². The van der Waals surface area contributed by atoms with Gasteiger partial charge in [0, 0.05) is 65.0 Å². The number of aromatic amines is 1. The number of aromatic nitrogens is 2. The lowest BCUT2D eigenvalue weighted by Crippen LogP contribution is -2.25. The van der Waals surface area contributed by atoms with Gasteiger partial charge in [-0.3, -0.25) is 14.1 Å². The molecule has 3 aromatic carbocycles. The van der Waals surface area contributed by atoms with Crippen LogP contribution in [-0.2, 0) is 10.0 Å². The molecule has 0 aliphatic heterocycles. The summed E-state index contributed by atoms with van der Waals surface area (Å²) in [7, 11) is -0.673. The number of carbonyl (C=O) groups is 1. The van der Waals surface area contributed by atoms with E-state index in [-0.39, 0.29) is 11.7 Å². The number of amides is 1. The summed E-state index contributed by atoms with van der Waals surface area (Å²) in [5, 5.41) is 3.93. The van der Waals surface area contributed by atoms with Crippen molar-refractivity contribution in [2.24, 2.45) is 0 Å². The van der Waals surface area contributed by atoms with Crippen LogP contribution in [0.1, 0.15) is 15.9 Å². The van der Waals surface area contributed by atoms with E-state index in [4.69, 9.17) is 4.42 Å². The number of sulfonamides is 1. The molecule has 3 aromatic heterocycles. The molecule has 0 atom stereocenters. The molecule has 10 heteroatoms. The fourth-order valence-electron chi connectivity index (χ4n) is 5.04. The predicted octanol–water partition coefficient (Wildman–Crippen LogP) is 6.51. The van der Waals surface area contributed by atoms with Crippen molar-refractivity contribution in [2.45, 2.75) is 6.92 Å². The molecule has 2 N–H and O–H groups in total. The molecule has 0 saturated heterocycles. The third-order valence-electron chi connectivity index (χ3n) is 7.34. The molecule has 0 aliphatic rings. The number of nitrogens with zero attached hydrogens (tertiary/aromatic N) is 2. The molecule has 0 radical (unpaired) electrons. The third-order valence-corrected chi connectivity index (χ3v) is 8.53. The van der Waals surface area contributed by atoms with Crippen molar-refractivity contribution < 1.29 is 22.0 Å². The number of benzene rings is 3. The Morgan fingerprint density at radius 3 is 2.48 bits per heavy atom. The Bertz CT molecular complexity index is 2110. The zero-order valence-corrected chi connectivity index (χ0v) is 24.1. The van der Waals surface area contributed by atoms with Crippen LogP contribution in [0.3, 0.4) is 0 Å². The Labute approximate surface area is 241 Å². The first kappa shape index (κ1) is 27.2. The van der Waals surface area contributed by atoms with Crippen molar-refractivity contribution in [1.82, 2.24) is 15.3 Å².